The van der Waals surface area contributed by atoms with Gasteiger partial charge in [0.1, 0.15) is 6.10 Å². The lowest BCUT2D eigenvalue weighted by atomic mass is 10.2. The van der Waals surface area contributed by atoms with Gasteiger partial charge in [-0.3, -0.25) is 0 Å². The first kappa shape index (κ1) is 8.23. The van der Waals surface area contributed by atoms with E-state index in [4.69, 9.17) is 26.8 Å². The Morgan fingerprint density at radius 1 is 1.70 bits per heavy atom. The van der Waals surface area contributed by atoms with E-state index in [0.29, 0.717) is 6.42 Å². The topological polar surface area (TPSA) is 58.9 Å². The van der Waals surface area contributed by atoms with Crippen molar-refractivity contribution in [3.8, 4) is 0 Å². The Bertz CT molecular complexity index is 110. The van der Waals surface area contributed by atoms with Crippen LogP contribution in [0.4, 0.5) is 0 Å². The number of halogens is 1. The van der Waals surface area contributed by atoms with Crippen LogP contribution in [0, 0.1) is 0 Å². The molecule has 5 heteroatoms. The van der Waals surface area contributed by atoms with Crippen molar-refractivity contribution in [2.24, 2.45) is 0 Å². The zero-order valence-corrected chi connectivity index (χ0v) is 5.99. The molecule has 3 atom stereocenters. The molecule has 1 saturated heterocycles. The summed E-state index contributed by atoms with van der Waals surface area (Å²) in [4.78, 5) is 0. The van der Waals surface area contributed by atoms with Crippen LogP contribution in [0.15, 0.2) is 0 Å². The van der Waals surface area contributed by atoms with Crippen molar-refractivity contribution in [3.63, 3.8) is 0 Å². The van der Waals surface area contributed by atoms with Crippen LogP contribution >= 0.6 is 11.9 Å². The molecule has 1 heterocycles. The van der Waals surface area contributed by atoms with Gasteiger partial charge >= 0.3 is 0 Å². The van der Waals surface area contributed by atoms with Gasteiger partial charge in [-0.2, -0.15) is 0 Å². The highest BCUT2D eigenvalue weighted by atomic mass is 35.5. The minimum atomic E-state index is -0.672. The maximum atomic E-state index is 9.07. The second-order valence-electron chi connectivity index (χ2n) is 2.18. The van der Waals surface area contributed by atoms with Crippen molar-refractivity contribution in [3.05, 3.63) is 0 Å². The maximum absolute atomic E-state index is 9.07. The molecule has 4 nitrogen and oxygen atoms in total. The quantitative estimate of drug-likeness (QED) is 0.591. The zero-order chi connectivity index (χ0) is 7.56. The van der Waals surface area contributed by atoms with Crippen LogP contribution in [0.5, 0.6) is 0 Å². The van der Waals surface area contributed by atoms with E-state index in [1.807, 2.05) is 0 Å². The highest BCUT2D eigenvalue weighted by Crippen LogP contribution is 2.21. The number of rotatable bonds is 2. The average Bonchev–Trinajstić information content (AvgIpc) is 2.30. The highest BCUT2D eigenvalue weighted by molar-refractivity contribution is 6.07. The number of hydrogen-bond donors (Lipinski definition) is 2. The zero-order valence-electron chi connectivity index (χ0n) is 5.24. The third-order valence-electron chi connectivity index (χ3n) is 1.47. The standard InChI is InChI=1S/C5H9ClO4/c6-10-5-1-3(8)4(2-7)9-5/h3-5,7-8H,1-2H2/t3-,4+,5?/m0/s1. The molecule has 2 N–H and O–H groups in total. The molecule has 0 aromatic carbocycles. The molecule has 0 amide bonds. The van der Waals surface area contributed by atoms with Crippen LogP contribution in [0.25, 0.3) is 0 Å². The van der Waals surface area contributed by atoms with E-state index < -0.39 is 18.5 Å². The van der Waals surface area contributed by atoms with Gasteiger partial charge in [0.15, 0.2) is 6.29 Å². The number of aliphatic hydroxyl groups excluding tert-OH is 2. The molecular weight excluding hydrogens is 160 g/mol. The monoisotopic (exact) mass is 168 g/mol. The van der Waals surface area contributed by atoms with Crippen molar-refractivity contribution in [2.45, 2.75) is 24.9 Å². The van der Waals surface area contributed by atoms with Crippen molar-refractivity contribution >= 4 is 11.9 Å². The predicted molar refractivity (Wildman–Crippen MR) is 33.3 cm³/mol. The molecule has 0 aromatic heterocycles. The minimum absolute atomic E-state index is 0.210. The maximum Gasteiger partial charge on any atom is 0.180 e. The van der Waals surface area contributed by atoms with Gasteiger partial charge in [0.05, 0.1) is 24.6 Å². The lowest BCUT2D eigenvalue weighted by Gasteiger charge is -2.08. The molecule has 0 saturated carbocycles. The number of hydrogen-bond acceptors (Lipinski definition) is 4. The van der Waals surface area contributed by atoms with E-state index in [1.165, 1.54) is 0 Å². The summed E-state index contributed by atoms with van der Waals surface area (Å²) in [6.45, 7) is -0.210. The van der Waals surface area contributed by atoms with E-state index >= 15 is 0 Å². The molecule has 1 rings (SSSR count). The van der Waals surface area contributed by atoms with Crippen molar-refractivity contribution < 1.29 is 19.2 Å². The lowest BCUT2D eigenvalue weighted by Crippen LogP contribution is -2.24. The Kier molecular flexibility index (Phi) is 2.88. The second kappa shape index (κ2) is 3.50. The summed E-state index contributed by atoms with van der Waals surface area (Å²) in [5.41, 5.74) is 0. The van der Waals surface area contributed by atoms with Crippen LogP contribution in [-0.2, 0) is 9.03 Å². The first-order chi connectivity index (χ1) is 4.77. The molecule has 60 valence electrons. The Labute approximate surface area is 63.5 Å². The Morgan fingerprint density at radius 3 is 2.70 bits per heavy atom. The van der Waals surface area contributed by atoms with Crippen molar-refractivity contribution in [1.29, 1.82) is 0 Å². The first-order valence-corrected chi connectivity index (χ1v) is 3.30. The molecule has 0 aromatic rings. The number of ether oxygens (including phenoxy) is 1. The normalized spacial score (nSPS) is 40.5. The predicted octanol–water partition coefficient (Wildman–Crippen LogP) is -0.375. The second-order valence-corrected chi connectivity index (χ2v) is 2.36. The largest absolute Gasteiger partial charge is 0.394 e. The fourth-order valence-corrected chi connectivity index (χ4v) is 1.03. The van der Waals surface area contributed by atoms with E-state index in [2.05, 4.69) is 4.29 Å². The van der Waals surface area contributed by atoms with Gasteiger partial charge in [0.2, 0.25) is 0 Å². The van der Waals surface area contributed by atoms with Crippen LogP contribution in [0.2, 0.25) is 0 Å². The molecule has 1 fully saturated rings. The minimum Gasteiger partial charge on any atom is -0.394 e. The summed E-state index contributed by atoms with van der Waals surface area (Å²) in [7, 11) is 0. The fourth-order valence-electron chi connectivity index (χ4n) is 0.912. The summed E-state index contributed by atoms with van der Waals surface area (Å²) in [6.07, 6.45) is -1.50. The molecule has 0 spiro atoms. The summed E-state index contributed by atoms with van der Waals surface area (Å²) in [5, 5.41) is 17.6. The van der Waals surface area contributed by atoms with Gasteiger partial charge in [-0.1, -0.05) is 0 Å². The van der Waals surface area contributed by atoms with Gasteiger partial charge in [0, 0.05) is 6.42 Å². The summed E-state index contributed by atoms with van der Waals surface area (Å²) in [5.74, 6) is 0. The van der Waals surface area contributed by atoms with E-state index in [0.717, 1.165) is 0 Å². The van der Waals surface area contributed by atoms with Gasteiger partial charge in [-0.25, -0.2) is 4.29 Å². The summed E-state index contributed by atoms with van der Waals surface area (Å²) >= 11 is 4.98. The average molecular weight is 169 g/mol. The van der Waals surface area contributed by atoms with Gasteiger partial charge in [0.25, 0.3) is 0 Å². The molecular formula is C5H9ClO4. The Morgan fingerprint density at radius 2 is 2.40 bits per heavy atom. The molecule has 0 radical (unpaired) electrons. The van der Waals surface area contributed by atoms with Crippen LogP contribution in [-0.4, -0.2) is 35.3 Å². The van der Waals surface area contributed by atoms with Crippen LogP contribution in [0.3, 0.4) is 0 Å². The summed E-state index contributed by atoms with van der Waals surface area (Å²) < 4.78 is 9.21. The van der Waals surface area contributed by atoms with Crippen molar-refractivity contribution in [2.75, 3.05) is 6.61 Å². The summed E-state index contributed by atoms with van der Waals surface area (Å²) in [6, 6.07) is 0. The third kappa shape index (κ3) is 1.59. The van der Waals surface area contributed by atoms with E-state index in [9.17, 15) is 0 Å². The smallest absolute Gasteiger partial charge is 0.180 e. The molecule has 1 unspecified atom stereocenters. The fraction of sp³-hybridized carbons (Fsp3) is 1.00. The molecule has 0 bridgehead atoms. The van der Waals surface area contributed by atoms with E-state index in [-0.39, 0.29) is 6.61 Å². The Hall–Kier alpha value is 0.130. The molecule has 1 aliphatic rings. The Balaban J connectivity index is 2.36. The van der Waals surface area contributed by atoms with Crippen molar-refractivity contribution in [1.82, 2.24) is 0 Å². The third-order valence-corrected chi connectivity index (χ3v) is 1.67. The van der Waals surface area contributed by atoms with E-state index in [1.54, 1.807) is 0 Å². The van der Waals surface area contributed by atoms with Crippen LogP contribution in [0.1, 0.15) is 6.42 Å². The first-order valence-electron chi connectivity index (χ1n) is 2.99. The van der Waals surface area contributed by atoms with Gasteiger partial charge in [-0.15, -0.1) is 0 Å². The van der Waals surface area contributed by atoms with Crippen LogP contribution < -0.4 is 0 Å². The molecule has 1 aliphatic heterocycles. The van der Waals surface area contributed by atoms with Gasteiger partial charge in [-0.05, 0) is 0 Å². The SMILES string of the molecule is OC[C@H]1OC(OCl)C[C@@H]1O. The number of aliphatic hydroxyl groups is 2. The molecule has 0 aliphatic carbocycles. The molecule has 10 heavy (non-hydrogen) atoms. The van der Waals surface area contributed by atoms with Gasteiger partial charge < -0.3 is 14.9 Å². The highest BCUT2D eigenvalue weighted by Gasteiger charge is 2.33. The lowest BCUT2D eigenvalue weighted by molar-refractivity contribution is -0.0902.